The van der Waals surface area contributed by atoms with Gasteiger partial charge in [0.15, 0.2) is 5.71 Å². The minimum absolute atomic E-state index is 0.252. The molecule has 2 amide bonds. The van der Waals surface area contributed by atoms with Gasteiger partial charge in [-0.1, -0.05) is 63.1 Å². The van der Waals surface area contributed by atoms with Crippen LogP contribution in [0, 0.1) is 13.8 Å². The number of amides is 2. The molecular weight excluding hydrogens is 690 g/mol. The van der Waals surface area contributed by atoms with Crippen molar-refractivity contribution in [1.82, 2.24) is 10.0 Å². The average Bonchev–Trinajstić information content (AvgIpc) is 3.05. The Balaban J connectivity index is 0.000000862. The Hall–Kier alpha value is -3.49. The summed E-state index contributed by atoms with van der Waals surface area (Å²) in [5.74, 6) is 2.74. The fourth-order valence-corrected chi connectivity index (χ4v) is 5.74. The fraction of sp³-hybridized carbons (Fsp3) is 0.500. The number of ketones is 3. The van der Waals surface area contributed by atoms with Gasteiger partial charge in [0.05, 0.1) is 5.75 Å². The molecule has 0 radical (unpaired) electrons. The highest BCUT2D eigenvalue weighted by Crippen LogP contribution is 2.23. The second kappa shape index (κ2) is 22.4. The van der Waals surface area contributed by atoms with Crippen molar-refractivity contribution in [1.29, 1.82) is 0 Å². The molecule has 0 saturated heterocycles. The number of thioether (sulfide) groups is 2. The predicted molar refractivity (Wildman–Crippen MR) is 199 cm³/mol. The Kier molecular flexibility index (Phi) is 20.8. The molecule has 14 heteroatoms. The number of hydrazine groups is 1. The van der Waals surface area contributed by atoms with Crippen LogP contribution in [0.4, 0.5) is 13.2 Å². The van der Waals surface area contributed by atoms with Crippen molar-refractivity contribution in [3.63, 3.8) is 0 Å². The van der Waals surface area contributed by atoms with E-state index in [0.717, 1.165) is 58.9 Å². The molecule has 2 N–H and O–H groups in total. The van der Waals surface area contributed by atoms with Crippen LogP contribution < -0.4 is 5.84 Å². The third kappa shape index (κ3) is 14.4. The highest BCUT2D eigenvalue weighted by molar-refractivity contribution is 7.99. The molecule has 2 rings (SSSR count). The number of alkyl halides is 3. The molecular formula is C36H51F3N4O5S2. The van der Waals surface area contributed by atoms with E-state index in [1.807, 2.05) is 72.1 Å². The van der Waals surface area contributed by atoms with E-state index in [4.69, 9.17) is 5.84 Å². The van der Waals surface area contributed by atoms with Crippen molar-refractivity contribution < 1.29 is 37.1 Å². The lowest BCUT2D eigenvalue weighted by molar-refractivity contribution is -0.126. The number of benzene rings is 2. The first-order chi connectivity index (χ1) is 23.2. The van der Waals surface area contributed by atoms with Crippen molar-refractivity contribution >= 4 is 58.4 Å². The number of halogens is 3. The summed E-state index contributed by atoms with van der Waals surface area (Å²) in [5, 5.41) is 4.67. The molecule has 2 aromatic carbocycles. The van der Waals surface area contributed by atoms with E-state index in [2.05, 4.69) is 5.10 Å². The molecule has 0 aliphatic carbocycles. The van der Waals surface area contributed by atoms with E-state index >= 15 is 0 Å². The number of hydrogen-bond donors (Lipinski definition) is 1. The Morgan fingerprint density at radius 1 is 0.700 bits per heavy atom. The first-order valence-electron chi connectivity index (χ1n) is 16.0. The largest absolute Gasteiger partial charge is 0.432 e. The number of likely N-dealkylation sites (N-methyl/N-ethyl adjacent to an activating group) is 2. The maximum absolute atomic E-state index is 13.0. The van der Waals surface area contributed by atoms with E-state index in [0.29, 0.717) is 40.3 Å². The van der Waals surface area contributed by atoms with Gasteiger partial charge in [-0.2, -0.15) is 41.8 Å². The highest BCUT2D eigenvalue weighted by atomic mass is 32.2. The summed E-state index contributed by atoms with van der Waals surface area (Å²) in [6.07, 6.45) is 1.28. The molecule has 0 saturated carbocycles. The van der Waals surface area contributed by atoms with Gasteiger partial charge in [-0.25, -0.2) is 10.9 Å². The molecule has 0 spiro atoms. The summed E-state index contributed by atoms with van der Waals surface area (Å²) in [7, 11) is 2.45. The number of nitrogens with two attached hydrogens (primary N) is 1. The number of aryl methyl sites for hydroxylation is 6. The first-order valence-corrected chi connectivity index (χ1v) is 18.8. The fourth-order valence-electron chi connectivity index (χ4n) is 4.84. The summed E-state index contributed by atoms with van der Waals surface area (Å²) >= 11 is 2.50. The molecule has 0 heterocycles. The molecule has 0 aromatic heterocycles. The van der Waals surface area contributed by atoms with Gasteiger partial charge in [0.2, 0.25) is 0 Å². The molecule has 0 unspecified atom stereocenters. The maximum atomic E-state index is 13.0. The highest BCUT2D eigenvalue weighted by Gasteiger charge is 2.37. The lowest BCUT2D eigenvalue weighted by atomic mass is 9.92. The zero-order valence-corrected chi connectivity index (χ0v) is 32.6. The first kappa shape index (κ1) is 46.5. The van der Waals surface area contributed by atoms with E-state index < -0.39 is 41.0 Å². The lowest BCUT2D eigenvalue weighted by Crippen LogP contribution is -2.39. The summed E-state index contributed by atoms with van der Waals surface area (Å²) in [5.41, 5.74) is 4.99. The number of hydrogen-bond acceptors (Lipinski definition) is 9. The van der Waals surface area contributed by atoms with Crippen LogP contribution in [0.1, 0.15) is 88.7 Å². The van der Waals surface area contributed by atoms with Crippen molar-refractivity contribution in [2.45, 2.75) is 80.3 Å². The third-order valence-electron chi connectivity index (χ3n) is 7.10. The molecule has 0 aliphatic rings. The molecule has 0 atom stereocenters. The molecule has 0 bridgehead atoms. The van der Waals surface area contributed by atoms with Crippen molar-refractivity contribution in [3.8, 4) is 0 Å². The monoisotopic (exact) mass is 740 g/mol. The van der Waals surface area contributed by atoms with Gasteiger partial charge >= 0.3 is 18.0 Å². The Bertz CT molecular complexity index is 1490. The number of rotatable bonds is 13. The topological polar surface area (TPSA) is 130 Å². The van der Waals surface area contributed by atoms with Crippen molar-refractivity contribution in [2.24, 2.45) is 10.9 Å². The number of carbonyl (C=O) groups is 5. The summed E-state index contributed by atoms with van der Waals surface area (Å²) in [6.45, 7) is 13.1. The second-order valence-corrected chi connectivity index (χ2v) is 13.1. The van der Waals surface area contributed by atoms with E-state index in [-0.39, 0.29) is 11.3 Å². The normalized spacial score (nSPS) is 11.1. The minimum Gasteiger partial charge on any atom is -0.299 e. The number of hydrazone groups is 1. The molecule has 278 valence electrons. The second-order valence-electron chi connectivity index (χ2n) is 11.3. The van der Waals surface area contributed by atoms with Crippen LogP contribution in [0.5, 0.6) is 0 Å². The van der Waals surface area contributed by atoms with Crippen LogP contribution in [0.3, 0.4) is 0 Å². The van der Waals surface area contributed by atoms with Crippen LogP contribution in [-0.2, 0) is 40.1 Å². The van der Waals surface area contributed by atoms with Gasteiger partial charge in [-0.05, 0) is 81.2 Å². The van der Waals surface area contributed by atoms with Gasteiger partial charge < -0.3 is 0 Å². The summed E-state index contributed by atoms with van der Waals surface area (Å²) in [4.78, 5) is 59.0. The van der Waals surface area contributed by atoms with Crippen LogP contribution in [0.25, 0.3) is 0 Å². The van der Waals surface area contributed by atoms with Crippen LogP contribution in [-0.4, -0.2) is 89.2 Å². The number of Topliss-reactive ketones (excluding diaryl/α,β-unsaturated/α-hetero) is 3. The minimum atomic E-state index is -4.66. The SMILES string of the molecule is CCc1cc(C)cc(CC)c1C(=O)C(=O)N(C)N.CCc1cc(C)cc(CC)c1C(=O)C(=O)N(C)N=C(CSC)C(F)(F)F.CSCC(C)=O. The van der Waals surface area contributed by atoms with Crippen LogP contribution in [0.2, 0.25) is 0 Å². The standard InChI is InChI=1S/C18H23F3N2O2S.C14H20N2O2.C4H8OS/c1-6-12-8-11(3)9-13(7-2)15(12)16(24)17(25)23(4)22-14(10-26-5)18(19,20)21;1-5-10-7-9(3)8-11(6-2)12(10)13(17)14(18)16(4)15;1-4(5)3-6-2/h8-9H,6-7,10H2,1-5H3;7-8H,5-6,15H2,1-4H3;3H2,1-2H3. The van der Waals surface area contributed by atoms with Crippen molar-refractivity contribution in [2.75, 3.05) is 38.1 Å². The quantitative estimate of drug-likeness (QED) is 0.0607. The smallest absolute Gasteiger partial charge is 0.299 e. The molecule has 2 aromatic rings. The maximum Gasteiger partial charge on any atom is 0.432 e. The molecule has 0 aliphatic heterocycles. The van der Waals surface area contributed by atoms with Gasteiger partial charge in [0.1, 0.15) is 5.78 Å². The molecule has 9 nitrogen and oxygen atoms in total. The Morgan fingerprint density at radius 3 is 1.28 bits per heavy atom. The lowest BCUT2D eigenvalue weighted by Gasteiger charge is -2.17. The molecule has 0 fully saturated rings. The third-order valence-corrected chi connectivity index (χ3v) is 8.36. The predicted octanol–water partition coefficient (Wildman–Crippen LogP) is 6.62. The summed E-state index contributed by atoms with van der Waals surface area (Å²) in [6, 6.07) is 7.54. The number of nitrogens with zero attached hydrogens (tertiary/aromatic N) is 3. The zero-order chi connectivity index (χ0) is 38.9. The average molecular weight is 741 g/mol. The van der Waals surface area contributed by atoms with E-state index in [9.17, 15) is 37.1 Å². The van der Waals surface area contributed by atoms with Gasteiger partial charge in [0, 0.05) is 31.0 Å². The number of carbonyl (C=O) groups excluding carboxylic acids is 5. The Morgan fingerprint density at radius 2 is 1.04 bits per heavy atom. The van der Waals surface area contributed by atoms with E-state index in [1.54, 1.807) is 18.7 Å². The van der Waals surface area contributed by atoms with Gasteiger partial charge in [-0.3, -0.25) is 29.0 Å². The molecule has 50 heavy (non-hydrogen) atoms. The van der Waals surface area contributed by atoms with Crippen LogP contribution >= 0.6 is 23.5 Å². The van der Waals surface area contributed by atoms with E-state index in [1.165, 1.54) is 13.3 Å². The van der Waals surface area contributed by atoms with Crippen LogP contribution in [0.15, 0.2) is 29.4 Å². The Labute approximate surface area is 303 Å². The zero-order valence-electron chi connectivity index (χ0n) is 31.0. The van der Waals surface area contributed by atoms with Crippen molar-refractivity contribution in [3.05, 3.63) is 68.8 Å². The van der Waals surface area contributed by atoms with Gasteiger partial charge in [0.25, 0.3) is 11.6 Å². The summed E-state index contributed by atoms with van der Waals surface area (Å²) < 4.78 is 38.9. The van der Waals surface area contributed by atoms with Gasteiger partial charge in [-0.15, -0.1) is 0 Å².